The first kappa shape index (κ1) is 19.1. The van der Waals surface area contributed by atoms with Crippen molar-refractivity contribution >= 4 is 23.3 Å². The highest BCUT2D eigenvalue weighted by atomic mass is 16.6. The normalized spacial score (nSPS) is 17.8. The number of piperidine rings is 1. The number of amides is 1. The van der Waals surface area contributed by atoms with E-state index >= 15 is 0 Å². The lowest BCUT2D eigenvalue weighted by Gasteiger charge is -2.33. The number of nitro groups is 1. The van der Waals surface area contributed by atoms with Gasteiger partial charge in [-0.25, -0.2) is 4.79 Å². The molecule has 3 rings (SSSR count). The van der Waals surface area contributed by atoms with Gasteiger partial charge in [0.05, 0.1) is 16.2 Å². The molecule has 0 aliphatic carbocycles. The van der Waals surface area contributed by atoms with E-state index in [1.54, 1.807) is 11.0 Å². The molecule has 0 N–H and O–H groups in total. The van der Waals surface area contributed by atoms with Crippen molar-refractivity contribution in [3.63, 3.8) is 0 Å². The lowest BCUT2D eigenvalue weighted by atomic mass is 9.98. The third-order valence-corrected chi connectivity index (χ3v) is 5.32. The summed E-state index contributed by atoms with van der Waals surface area (Å²) >= 11 is 0. The van der Waals surface area contributed by atoms with Gasteiger partial charge in [-0.1, -0.05) is 6.92 Å². The Kier molecular flexibility index (Phi) is 5.93. The van der Waals surface area contributed by atoms with Gasteiger partial charge in [0.25, 0.3) is 11.6 Å². The first-order valence-corrected chi connectivity index (χ1v) is 9.44. The molecule has 2 heterocycles. The summed E-state index contributed by atoms with van der Waals surface area (Å²) in [6.45, 7) is 4.79. The third kappa shape index (κ3) is 4.56. The molecule has 2 aliphatic heterocycles. The fourth-order valence-corrected chi connectivity index (χ4v) is 3.59. The Hall–Kier alpha value is -2.64. The van der Waals surface area contributed by atoms with Crippen molar-refractivity contribution in [3.05, 3.63) is 33.9 Å². The van der Waals surface area contributed by atoms with E-state index in [4.69, 9.17) is 4.74 Å². The molecule has 2 saturated heterocycles. The van der Waals surface area contributed by atoms with Crippen molar-refractivity contribution in [1.29, 1.82) is 0 Å². The average Bonchev–Trinajstić information content (AvgIpc) is 3.21. The van der Waals surface area contributed by atoms with Gasteiger partial charge in [-0.15, -0.1) is 0 Å². The van der Waals surface area contributed by atoms with E-state index in [0.717, 1.165) is 38.8 Å². The number of carbonyl (C=O) groups is 2. The van der Waals surface area contributed by atoms with Crippen LogP contribution in [0, 0.1) is 16.0 Å². The Morgan fingerprint density at radius 3 is 2.48 bits per heavy atom. The molecular formula is C19H25N3O5. The highest BCUT2D eigenvalue weighted by Crippen LogP contribution is 2.30. The van der Waals surface area contributed by atoms with Crippen molar-refractivity contribution < 1.29 is 19.2 Å². The number of anilines is 1. The second-order valence-corrected chi connectivity index (χ2v) is 7.29. The zero-order valence-corrected chi connectivity index (χ0v) is 15.6. The van der Waals surface area contributed by atoms with Crippen LogP contribution in [0.1, 0.15) is 43.0 Å². The molecule has 27 heavy (non-hydrogen) atoms. The molecule has 0 unspecified atom stereocenters. The fraction of sp³-hybridized carbons (Fsp3) is 0.579. The number of ether oxygens (including phenoxy) is 1. The van der Waals surface area contributed by atoms with Crippen LogP contribution in [0.3, 0.4) is 0 Å². The van der Waals surface area contributed by atoms with Gasteiger partial charge >= 0.3 is 5.97 Å². The summed E-state index contributed by atoms with van der Waals surface area (Å²) in [4.78, 5) is 39.1. The Balaban J connectivity index is 1.76. The predicted molar refractivity (Wildman–Crippen MR) is 99.8 cm³/mol. The lowest BCUT2D eigenvalue weighted by Crippen LogP contribution is -2.34. The number of hydrogen-bond acceptors (Lipinski definition) is 6. The van der Waals surface area contributed by atoms with Crippen molar-refractivity contribution in [2.75, 3.05) is 37.7 Å². The van der Waals surface area contributed by atoms with Gasteiger partial charge in [-0.2, -0.15) is 0 Å². The lowest BCUT2D eigenvalue weighted by molar-refractivity contribution is -0.384. The predicted octanol–water partition coefficient (Wildman–Crippen LogP) is 2.61. The largest absolute Gasteiger partial charge is 0.452 e. The quantitative estimate of drug-likeness (QED) is 0.446. The summed E-state index contributed by atoms with van der Waals surface area (Å²) in [5.41, 5.74) is 0.612. The van der Waals surface area contributed by atoms with Crippen LogP contribution in [-0.2, 0) is 9.53 Å². The second-order valence-electron chi connectivity index (χ2n) is 7.29. The maximum Gasteiger partial charge on any atom is 0.341 e. The van der Waals surface area contributed by atoms with E-state index in [0.29, 0.717) is 24.7 Å². The number of nitrogens with zero attached hydrogens (tertiary/aromatic N) is 3. The zero-order valence-electron chi connectivity index (χ0n) is 15.6. The van der Waals surface area contributed by atoms with Crippen LogP contribution in [0.2, 0.25) is 0 Å². The maximum atomic E-state index is 12.6. The van der Waals surface area contributed by atoms with Gasteiger partial charge < -0.3 is 14.5 Å². The molecule has 8 nitrogen and oxygen atoms in total. The molecule has 0 aromatic heterocycles. The molecule has 146 valence electrons. The fourth-order valence-electron chi connectivity index (χ4n) is 3.59. The summed E-state index contributed by atoms with van der Waals surface area (Å²) in [6.07, 6.45) is 3.92. The molecule has 2 aliphatic rings. The van der Waals surface area contributed by atoms with Crippen molar-refractivity contribution in [3.8, 4) is 0 Å². The monoisotopic (exact) mass is 375 g/mol. The van der Waals surface area contributed by atoms with Crippen LogP contribution < -0.4 is 4.90 Å². The van der Waals surface area contributed by atoms with E-state index in [2.05, 4.69) is 11.8 Å². The molecule has 0 atom stereocenters. The number of hydrogen-bond donors (Lipinski definition) is 0. The van der Waals surface area contributed by atoms with Gasteiger partial charge in [0.2, 0.25) is 0 Å². The number of nitro benzene ring substituents is 1. The Bertz CT molecular complexity index is 722. The molecule has 0 bridgehead atoms. The first-order valence-electron chi connectivity index (χ1n) is 9.44. The standard InChI is InChI=1S/C19H25N3O5/c1-14-6-10-20(11-7-14)17-5-4-15(22(25)26)12-16(17)19(24)27-13-18(23)21-8-2-3-9-21/h4-5,12,14H,2-3,6-11,13H2,1H3. The number of benzene rings is 1. The maximum absolute atomic E-state index is 12.6. The smallest absolute Gasteiger partial charge is 0.341 e. The molecule has 1 amide bonds. The molecule has 1 aromatic rings. The molecule has 2 fully saturated rings. The number of carbonyl (C=O) groups excluding carboxylic acids is 2. The van der Waals surface area contributed by atoms with Crippen LogP contribution in [-0.4, -0.2) is 54.5 Å². The molecule has 0 saturated carbocycles. The number of non-ortho nitro benzene ring substituents is 1. The summed E-state index contributed by atoms with van der Waals surface area (Å²) < 4.78 is 5.21. The van der Waals surface area contributed by atoms with Crippen molar-refractivity contribution in [2.45, 2.75) is 32.6 Å². The molecule has 0 radical (unpaired) electrons. The van der Waals surface area contributed by atoms with Crippen LogP contribution in [0.15, 0.2) is 18.2 Å². The third-order valence-electron chi connectivity index (χ3n) is 5.32. The van der Waals surface area contributed by atoms with Gasteiger partial charge in [0.1, 0.15) is 0 Å². The highest BCUT2D eigenvalue weighted by molar-refractivity contribution is 5.97. The average molecular weight is 375 g/mol. The molecule has 1 aromatic carbocycles. The van der Waals surface area contributed by atoms with Crippen LogP contribution in [0.5, 0.6) is 0 Å². The van der Waals surface area contributed by atoms with Crippen LogP contribution >= 0.6 is 0 Å². The summed E-state index contributed by atoms with van der Waals surface area (Å²) in [5, 5.41) is 11.1. The van der Waals surface area contributed by atoms with E-state index in [-0.39, 0.29) is 23.8 Å². The Morgan fingerprint density at radius 1 is 1.19 bits per heavy atom. The van der Waals surface area contributed by atoms with Crippen molar-refractivity contribution in [1.82, 2.24) is 4.90 Å². The number of esters is 1. The molecule has 0 spiro atoms. The van der Waals surface area contributed by atoms with E-state index in [1.807, 2.05) is 0 Å². The van der Waals surface area contributed by atoms with Crippen LogP contribution in [0.4, 0.5) is 11.4 Å². The van der Waals surface area contributed by atoms with E-state index in [1.165, 1.54) is 12.1 Å². The minimum absolute atomic E-state index is 0.146. The van der Waals surface area contributed by atoms with Crippen LogP contribution in [0.25, 0.3) is 0 Å². The topological polar surface area (TPSA) is 93.0 Å². The van der Waals surface area contributed by atoms with Gasteiger partial charge in [0, 0.05) is 38.3 Å². The molecule has 8 heteroatoms. The summed E-state index contributed by atoms with van der Waals surface area (Å²) in [7, 11) is 0. The van der Waals surface area contributed by atoms with E-state index in [9.17, 15) is 19.7 Å². The zero-order chi connectivity index (χ0) is 19.4. The minimum atomic E-state index is -0.695. The SMILES string of the molecule is CC1CCN(c2ccc([N+](=O)[O-])cc2C(=O)OCC(=O)N2CCCC2)CC1. The second kappa shape index (κ2) is 8.37. The Morgan fingerprint density at radius 2 is 1.85 bits per heavy atom. The summed E-state index contributed by atoms with van der Waals surface area (Å²) in [6, 6.07) is 4.25. The van der Waals surface area contributed by atoms with E-state index < -0.39 is 10.9 Å². The highest BCUT2D eigenvalue weighted by Gasteiger charge is 2.26. The van der Waals surface area contributed by atoms with Crippen molar-refractivity contribution in [2.24, 2.45) is 5.92 Å². The number of likely N-dealkylation sites (tertiary alicyclic amines) is 1. The van der Waals surface area contributed by atoms with Gasteiger partial charge in [-0.3, -0.25) is 14.9 Å². The Labute approximate surface area is 158 Å². The summed E-state index contributed by atoms with van der Waals surface area (Å²) in [5.74, 6) is -0.299. The van der Waals surface area contributed by atoms with Gasteiger partial charge in [0.15, 0.2) is 6.61 Å². The number of rotatable bonds is 5. The van der Waals surface area contributed by atoms with Gasteiger partial charge in [-0.05, 0) is 37.7 Å². The first-order chi connectivity index (χ1) is 13.0. The minimum Gasteiger partial charge on any atom is -0.452 e. The molecular weight excluding hydrogens is 350 g/mol.